The number of fused-ring (bicyclic) bond motifs is 1. The van der Waals surface area contributed by atoms with E-state index in [1.807, 2.05) is 13.1 Å². The van der Waals surface area contributed by atoms with Gasteiger partial charge in [-0.05, 0) is 75.0 Å². The Kier molecular flexibility index (Phi) is 6.60. The van der Waals surface area contributed by atoms with Crippen LogP contribution in [-0.4, -0.2) is 51.7 Å². The highest BCUT2D eigenvalue weighted by Crippen LogP contribution is 2.18. The molecule has 2 aromatic carbocycles. The van der Waals surface area contributed by atoms with Gasteiger partial charge in [0.2, 0.25) is 0 Å². The molecule has 8 nitrogen and oxygen atoms in total. The molecule has 0 bridgehead atoms. The molecule has 33 heavy (non-hydrogen) atoms. The Balaban J connectivity index is 1.36. The summed E-state index contributed by atoms with van der Waals surface area (Å²) in [6.45, 7) is 1.23. The number of aromatic amines is 2. The van der Waals surface area contributed by atoms with Gasteiger partial charge < -0.3 is 9.72 Å². The molecule has 0 radical (unpaired) electrons. The van der Waals surface area contributed by atoms with Crippen LogP contribution in [0.1, 0.15) is 28.3 Å². The average molecular weight is 449 g/mol. The molecule has 4 aromatic rings. The van der Waals surface area contributed by atoms with Gasteiger partial charge in [0.15, 0.2) is 0 Å². The molecule has 2 N–H and O–H groups in total. The van der Waals surface area contributed by atoms with E-state index in [4.69, 9.17) is 4.74 Å². The van der Waals surface area contributed by atoms with Gasteiger partial charge in [-0.3, -0.25) is 14.8 Å². The Morgan fingerprint density at radius 2 is 1.94 bits per heavy atom. The molecule has 2 heterocycles. The van der Waals surface area contributed by atoms with Crippen molar-refractivity contribution < 1.29 is 13.9 Å². The standard InChI is InChI=1S/C24H24FN5O3/c1-30(11-3-4-18-13-20(29-28-18)15-5-8-17(25)9-6-15)14-22-26-21-12-16(24(32)33-2)7-10-19(21)23(31)27-22/h5-10,12-13H,3-4,11,14H2,1-2H3,(H,28,29)(H,26,27,31). The normalized spacial score (nSPS) is 11.3. The van der Waals surface area contributed by atoms with Crippen LogP contribution in [0.5, 0.6) is 0 Å². The predicted octanol–water partition coefficient (Wildman–Crippen LogP) is 3.30. The van der Waals surface area contributed by atoms with Crippen molar-refractivity contribution in [2.75, 3.05) is 20.7 Å². The summed E-state index contributed by atoms with van der Waals surface area (Å²) < 4.78 is 17.8. The molecule has 0 fully saturated rings. The molecule has 0 amide bonds. The summed E-state index contributed by atoms with van der Waals surface area (Å²) in [5.41, 5.74) is 3.19. The van der Waals surface area contributed by atoms with Crippen molar-refractivity contribution >= 4 is 16.9 Å². The quantitative estimate of drug-likeness (QED) is 0.400. The molecule has 0 aliphatic carbocycles. The zero-order chi connectivity index (χ0) is 23.4. The Morgan fingerprint density at radius 1 is 1.15 bits per heavy atom. The number of carbonyl (C=O) groups excluding carboxylic acids is 1. The smallest absolute Gasteiger partial charge is 0.337 e. The first-order valence-electron chi connectivity index (χ1n) is 10.5. The maximum absolute atomic E-state index is 13.1. The zero-order valence-corrected chi connectivity index (χ0v) is 18.4. The van der Waals surface area contributed by atoms with Gasteiger partial charge in [0.25, 0.3) is 5.56 Å². The van der Waals surface area contributed by atoms with Gasteiger partial charge in [-0.1, -0.05) is 0 Å². The van der Waals surface area contributed by atoms with Crippen molar-refractivity contribution in [2.45, 2.75) is 19.4 Å². The number of aromatic nitrogens is 4. The van der Waals surface area contributed by atoms with Gasteiger partial charge >= 0.3 is 5.97 Å². The van der Waals surface area contributed by atoms with Crippen molar-refractivity contribution in [1.82, 2.24) is 25.1 Å². The second-order valence-corrected chi connectivity index (χ2v) is 7.86. The number of nitrogens with one attached hydrogen (secondary N) is 2. The van der Waals surface area contributed by atoms with Crippen LogP contribution in [-0.2, 0) is 17.7 Å². The number of carbonyl (C=O) groups is 1. The van der Waals surface area contributed by atoms with Crippen LogP contribution < -0.4 is 5.56 Å². The number of H-pyrrole nitrogens is 2. The number of halogens is 1. The molecule has 0 aliphatic heterocycles. The minimum absolute atomic E-state index is 0.245. The minimum atomic E-state index is -0.473. The third-order valence-corrected chi connectivity index (χ3v) is 5.35. The molecule has 0 saturated heterocycles. The van der Waals surface area contributed by atoms with Gasteiger partial charge in [-0.15, -0.1) is 0 Å². The van der Waals surface area contributed by atoms with Crippen LogP contribution in [0.4, 0.5) is 4.39 Å². The highest BCUT2D eigenvalue weighted by molar-refractivity contribution is 5.93. The maximum Gasteiger partial charge on any atom is 0.337 e. The maximum atomic E-state index is 13.1. The predicted molar refractivity (Wildman–Crippen MR) is 122 cm³/mol. The first-order chi connectivity index (χ1) is 15.9. The van der Waals surface area contributed by atoms with E-state index in [1.165, 1.54) is 19.2 Å². The van der Waals surface area contributed by atoms with E-state index in [0.29, 0.717) is 28.8 Å². The number of nitrogens with zero attached hydrogens (tertiary/aromatic N) is 3. The first kappa shape index (κ1) is 22.3. The van der Waals surface area contributed by atoms with E-state index in [0.717, 1.165) is 36.3 Å². The lowest BCUT2D eigenvalue weighted by atomic mass is 10.1. The second-order valence-electron chi connectivity index (χ2n) is 7.86. The van der Waals surface area contributed by atoms with E-state index in [9.17, 15) is 14.0 Å². The summed E-state index contributed by atoms with van der Waals surface area (Å²) >= 11 is 0. The van der Waals surface area contributed by atoms with Crippen LogP contribution >= 0.6 is 0 Å². The largest absolute Gasteiger partial charge is 0.465 e. The van der Waals surface area contributed by atoms with E-state index < -0.39 is 5.97 Å². The van der Waals surface area contributed by atoms with Crippen molar-refractivity contribution in [1.29, 1.82) is 0 Å². The second kappa shape index (κ2) is 9.74. The van der Waals surface area contributed by atoms with Crippen LogP contribution in [0.2, 0.25) is 0 Å². The highest BCUT2D eigenvalue weighted by Gasteiger charge is 2.11. The van der Waals surface area contributed by atoms with Crippen LogP contribution in [0.25, 0.3) is 22.2 Å². The molecule has 0 atom stereocenters. The molecule has 0 saturated carbocycles. The summed E-state index contributed by atoms with van der Waals surface area (Å²) in [7, 11) is 3.26. The zero-order valence-electron chi connectivity index (χ0n) is 18.4. The lowest BCUT2D eigenvalue weighted by Crippen LogP contribution is -2.23. The highest BCUT2D eigenvalue weighted by atomic mass is 19.1. The number of hydrogen-bond acceptors (Lipinski definition) is 6. The molecule has 0 spiro atoms. The van der Waals surface area contributed by atoms with Gasteiger partial charge in [0.1, 0.15) is 11.6 Å². The molecule has 0 unspecified atom stereocenters. The van der Waals surface area contributed by atoms with Gasteiger partial charge in [-0.25, -0.2) is 14.2 Å². The monoisotopic (exact) mass is 449 g/mol. The number of esters is 1. The average Bonchev–Trinajstić information content (AvgIpc) is 3.27. The minimum Gasteiger partial charge on any atom is -0.465 e. The van der Waals surface area contributed by atoms with E-state index in [2.05, 4.69) is 25.1 Å². The molecular weight excluding hydrogens is 425 g/mol. The number of methoxy groups -OCH3 is 1. The van der Waals surface area contributed by atoms with Crippen LogP contribution in [0, 0.1) is 5.82 Å². The molecule has 170 valence electrons. The Hall–Kier alpha value is -3.85. The number of benzene rings is 2. The Morgan fingerprint density at radius 3 is 2.70 bits per heavy atom. The van der Waals surface area contributed by atoms with Crippen LogP contribution in [0.15, 0.2) is 53.3 Å². The molecular formula is C24H24FN5O3. The van der Waals surface area contributed by atoms with E-state index in [-0.39, 0.29) is 11.4 Å². The fourth-order valence-electron chi connectivity index (χ4n) is 3.64. The molecule has 2 aromatic heterocycles. The lowest BCUT2D eigenvalue weighted by molar-refractivity contribution is 0.0601. The third-order valence-electron chi connectivity index (χ3n) is 5.35. The fourth-order valence-corrected chi connectivity index (χ4v) is 3.64. The Bertz CT molecular complexity index is 1330. The SMILES string of the molecule is COC(=O)c1ccc2c(=O)[nH]c(CN(C)CCCc3cc(-c4ccc(F)cc4)n[nH]3)nc2c1. The molecule has 4 rings (SSSR count). The van der Waals surface area contributed by atoms with E-state index in [1.54, 1.807) is 30.3 Å². The van der Waals surface area contributed by atoms with Crippen molar-refractivity contribution in [3.05, 3.63) is 81.8 Å². The first-order valence-corrected chi connectivity index (χ1v) is 10.5. The molecule has 0 aliphatic rings. The number of rotatable bonds is 8. The van der Waals surface area contributed by atoms with Gasteiger partial charge in [-0.2, -0.15) is 5.10 Å². The van der Waals surface area contributed by atoms with Gasteiger partial charge in [0.05, 0.1) is 35.8 Å². The Labute approximate surface area is 189 Å². The third kappa shape index (κ3) is 5.32. The van der Waals surface area contributed by atoms with Gasteiger partial charge in [0, 0.05) is 11.3 Å². The summed E-state index contributed by atoms with van der Waals surface area (Å²) in [5.74, 6) is -0.222. The van der Waals surface area contributed by atoms with E-state index >= 15 is 0 Å². The van der Waals surface area contributed by atoms with Crippen molar-refractivity contribution in [3.63, 3.8) is 0 Å². The lowest BCUT2D eigenvalue weighted by Gasteiger charge is -2.15. The molecule has 9 heteroatoms. The summed E-state index contributed by atoms with van der Waals surface area (Å²) in [6.07, 6.45) is 1.66. The number of aryl methyl sites for hydroxylation is 1. The summed E-state index contributed by atoms with van der Waals surface area (Å²) in [5, 5.41) is 7.75. The summed E-state index contributed by atoms with van der Waals surface area (Å²) in [4.78, 5) is 33.6. The number of hydrogen-bond donors (Lipinski definition) is 2. The number of ether oxygens (including phenoxy) is 1. The van der Waals surface area contributed by atoms with Crippen LogP contribution in [0.3, 0.4) is 0 Å². The van der Waals surface area contributed by atoms with Crippen molar-refractivity contribution in [2.24, 2.45) is 0 Å². The topological polar surface area (TPSA) is 104 Å². The van der Waals surface area contributed by atoms with Crippen molar-refractivity contribution in [3.8, 4) is 11.3 Å². The summed E-state index contributed by atoms with van der Waals surface area (Å²) in [6, 6.07) is 12.9. The fraction of sp³-hybridized carbons (Fsp3) is 0.250.